The maximum Gasteiger partial charge on any atom is 0.132 e. The van der Waals surface area contributed by atoms with Gasteiger partial charge in [-0.15, -0.1) is 0 Å². The van der Waals surface area contributed by atoms with Crippen molar-refractivity contribution in [3.8, 4) is 0 Å². The van der Waals surface area contributed by atoms with Crippen molar-refractivity contribution in [1.82, 2.24) is 0 Å². The molecule has 2 heteroatoms. The molecule has 1 saturated carbocycles. The Bertz CT molecular complexity index is 132. The van der Waals surface area contributed by atoms with Crippen LogP contribution < -0.4 is 0 Å². The average molecular weight is 156 g/mol. The summed E-state index contributed by atoms with van der Waals surface area (Å²) in [7, 11) is 1.74. The first-order valence-corrected chi connectivity index (χ1v) is 4.28. The van der Waals surface area contributed by atoms with E-state index in [1.807, 2.05) is 0 Å². The van der Waals surface area contributed by atoms with E-state index in [4.69, 9.17) is 4.74 Å². The lowest BCUT2D eigenvalue weighted by Crippen LogP contribution is -2.24. The van der Waals surface area contributed by atoms with Gasteiger partial charge in [0.1, 0.15) is 5.78 Å². The number of ether oxygens (including phenoxy) is 1. The Morgan fingerprint density at radius 2 is 2.00 bits per heavy atom. The molecule has 0 N–H and O–H groups in total. The third-order valence-corrected chi connectivity index (χ3v) is 2.62. The normalized spacial score (nSPS) is 23.6. The molecule has 1 rings (SSSR count). The predicted octanol–water partition coefficient (Wildman–Crippen LogP) is 1.78. The highest BCUT2D eigenvalue weighted by molar-refractivity contribution is 5.79. The Balaban J connectivity index is 2.32. The minimum Gasteiger partial charge on any atom is -0.381 e. The fourth-order valence-corrected chi connectivity index (χ4v) is 1.62. The van der Waals surface area contributed by atoms with Crippen LogP contribution in [0.3, 0.4) is 0 Å². The summed E-state index contributed by atoms with van der Waals surface area (Å²) in [4.78, 5) is 10.9. The van der Waals surface area contributed by atoms with Crippen LogP contribution in [0.5, 0.6) is 0 Å². The van der Waals surface area contributed by atoms with E-state index >= 15 is 0 Å². The highest BCUT2D eigenvalue weighted by Gasteiger charge is 2.23. The molecule has 0 spiro atoms. The second-order valence-electron chi connectivity index (χ2n) is 3.32. The van der Waals surface area contributed by atoms with Gasteiger partial charge in [0.25, 0.3) is 0 Å². The number of rotatable bonds is 2. The topological polar surface area (TPSA) is 26.3 Å². The number of methoxy groups -OCH3 is 1. The molecular weight excluding hydrogens is 140 g/mol. The van der Waals surface area contributed by atoms with Crippen molar-refractivity contribution in [3.63, 3.8) is 0 Å². The zero-order valence-corrected chi connectivity index (χ0v) is 7.30. The predicted molar refractivity (Wildman–Crippen MR) is 43.4 cm³/mol. The lowest BCUT2D eigenvalue weighted by molar-refractivity contribution is -0.121. The first kappa shape index (κ1) is 8.72. The van der Waals surface area contributed by atoms with E-state index in [1.54, 1.807) is 7.11 Å². The van der Waals surface area contributed by atoms with Crippen LogP contribution in [0, 0.1) is 5.92 Å². The zero-order valence-electron chi connectivity index (χ0n) is 7.30. The van der Waals surface area contributed by atoms with Gasteiger partial charge in [-0.25, -0.2) is 0 Å². The molecule has 0 aliphatic heterocycles. The first-order chi connectivity index (χ1) is 5.24. The Kier molecular flexibility index (Phi) is 3.06. The second kappa shape index (κ2) is 3.86. The molecule has 1 aliphatic carbocycles. The average Bonchev–Trinajstić information content (AvgIpc) is 2.05. The summed E-state index contributed by atoms with van der Waals surface area (Å²) < 4.78 is 5.21. The molecule has 1 fully saturated rings. The fourth-order valence-electron chi connectivity index (χ4n) is 1.62. The third-order valence-electron chi connectivity index (χ3n) is 2.62. The van der Waals surface area contributed by atoms with Crippen LogP contribution >= 0.6 is 0 Å². The van der Waals surface area contributed by atoms with E-state index in [9.17, 15) is 4.79 Å². The van der Waals surface area contributed by atoms with Crippen molar-refractivity contribution in [2.75, 3.05) is 7.11 Å². The molecule has 64 valence electrons. The van der Waals surface area contributed by atoms with Crippen LogP contribution in [-0.2, 0) is 9.53 Å². The Hall–Kier alpha value is -0.370. The van der Waals surface area contributed by atoms with Crippen LogP contribution in [-0.4, -0.2) is 19.0 Å². The molecule has 0 aromatic rings. The summed E-state index contributed by atoms with van der Waals surface area (Å²) in [6.07, 6.45) is 3.89. The van der Waals surface area contributed by atoms with Crippen LogP contribution in [0.4, 0.5) is 0 Å². The van der Waals surface area contributed by atoms with E-state index < -0.39 is 0 Å². The van der Waals surface area contributed by atoms with Crippen LogP contribution in [0.25, 0.3) is 0 Å². The lowest BCUT2D eigenvalue weighted by Gasteiger charge is -2.25. The number of carbonyl (C=O) groups excluding carboxylic acids is 1. The van der Waals surface area contributed by atoms with Gasteiger partial charge in [0.15, 0.2) is 0 Å². The van der Waals surface area contributed by atoms with E-state index in [-0.39, 0.29) is 0 Å². The summed E-state index contributed by atoms with van der Waals surface area (Å²) in [6.45, 7) is 2.08. The molecule has 2 nitrogen and oxygen atoms in total. The molecule has 1 aliphatic rings. The molecule has 1 atom stereocenters. The van der Waals surface area contributed by atoms with Gasteiger partial charge >= 0.3 is 0 Å². The smallest absolute Gasteiger partial charge is 0.132 e. The Morgan fingerprint density at radius 1 is 1.45 bits per heavy atom. The highest BCUT2D eigenvalue weighted by atomic mass is 16.5. The first-order valence-electron chi connectivity index (χ1n) is 4.28. The fraction of sp³-hybridized carbons (Fsp3) is 0.889. The van der Waals surface area contributed by atoms with Crippen LogP contribution in [0.15, 0.2) is 0 Å². The Labute approximate surface area is 67.9 Å². The molecule has 0 amide bonds. The van der Waals surface area contributed by atoms with Crippen molar-refractivity contribution in [1.29, 1.82) is 0 Å². The quantitative estimate of drug-likeness (QED) is 0.609. The van der Waals surface area contributed by atoms with Crippen molar-refractivity contribution in [3.05, 3.63) is 0 Å². The minimum absolute atomic E-state index is 0.322. The number of Topliss-reactive ketones (excluding diaryl/α,β-unsaturated/α-hetero) is 1. The number of ketones is 1. The third kappa shape index (κ3) is 2.29. The molecule has 0 bridgehead atoms. The largest absolute Gasteiger partial charge is 0.381 e. The summed E-state index contributed by atoms with van der Waals surface area (Å²) in [5, 5.41) is 0. The van der Waals surface area contributed by atoms with Gasteiger partial charge in [-0.3, -0.25) is 4.79 Å². The van der Waals surface area contributed by atoms with Gasteiger partial charge in [-0.2, -0.15) is 0 Å². The van der Waals surface area contributed by atoms with Gasteiger partial charge in [-0.1, -0.05) is 0 Å². The van der Waals surface area contributed by atoms with Gasteiger partial charge in [-0.05, 0) is 25.7 Å². The molecule has 0 aromatic heterocycles. The minimum atomic E-state index is 0.322. The van der Waals surface area contributed by atoms with Crippen LogP contribution in [0.2, 0.25) is 0 Å². The molecule has 1 unspecified atom stereocenters. The van der Waals surface area contributed by atoms with Crippen molar-refractivity contribution in [2.45, 2.75) is 38.7 Å². The van der Waals surface area contributed by atoms with Gasteiger partial charge in [0.2, 0.25) is 0 Å². The summed E-state index contributed by atoms with van der Waals surface area (Å²) in [5.41, 5.74) is 0. The molecule has 11 heavy (non-hydrogen) atoms. The molecule has 0 saturated heterocycles. The molecular formula is C9H16O2. The maximum atomic E-state index is 10.9. The van der Waals surface area contributed by atoms with E-state index in [0.29, 0.717) is 17.8 Å². The highest BCUT2D eigenvalue weighted by Crippen LogP contribution is 2.25. The van der Waals surface area contributed by atoms with E-state index in [2.05, 4.69) is 6.92 Å². The Morgan fingerprint density at radius 3 is 2.45 bits per heavy atom. The summed E-state index contributed by atoms with van der Waals surface area (Å²) in [6, 6.07) is 0. The van der Waals surface area contributed by atoms with E-state index in [1.165, 1.54) is 0 Å². The molecule has 0 radical (unpaired) electrons. The van der Waals surface area contributed by atoms with Crippen molar-refractivity contribution in [2.24, 2.45) is 5.92 Å². The maximum absolute atomic E-state index is 10.9. The standard InChI is InChI=1S/C9H16O2/c1-7(11-2)8-3-5-9(10)6-4-8/h7-8H,3-6H2,1-2H3. The molecule has 0 heterocycles. The molecule has 0 aromatic carbocycles. The summed E-state index contributed by atoms with van der Waals surface area (Å²) >= 11 is 0. The number of hydrogen-bond donors (Lipinski definition) is 0. The van der Waals surface area contributed by atoms with Gasteiger partial charge < -0.3 is 4.74 Å². The SMILES string of the molecule is COC(C)C1CCC(=O)CC1. The van der Waals surface area contributed by atoms with Gasteiger partial charge in [0.05, 0.1) is 6.10 Å². The lowest BCUT2D eigenvalue weighted by atomic mass is 9.85. The second-order valence-corrected chi connectivity index (χ2v) is 3.32. The monoisotopic (exact) mass is 156 g/mol. The van der Waals surface area contributed by atoms with Gasteiger partial charge in [0, 0.05) is 20.0 Å². The van der Waals surface area contributed by atoms with E-state index in [0.717, 1.165) is 25.7 Å². The van der Waals surface area contributed by atoms with Crippen molar-refractivity contribution < 1.29 is 9.53 Å². The number of carbonyl (C=O) groups is 1. The summed E-state index contributed by atoms with van der Waals surface area (Å²) in [5.74, 6) is 1.03. The van der Waals surface area contributed by atoms with Crippen LogP contribution in [0.1, 0.15) is 32.6 Å². The zero-order chi connectivity index (χ0) is 8.27. The number of hydrogen-bond acceptors (Lipinski definition) is 2. The van der Waals surface area contributed by atoms with Crippen molar-refractivity contribution >= 4 is 5.78 Å².